The lowest BCUT2D eigenvalue weighted by Gasteiger charge is -2.03. The Morgan fingerprint density at radius 2 is 2.00 bits per heavy atom. The van der Waals surface area contributed by atoms with E-state index in [2.05, 4.69) is 15.1 Å². The Hall–Kier alpha value is -3.31. The molecule has 0 bridgehead atoms. The Kier molecular flexibility index (Phi) is 4.18. The minimum atomic E-state index is -1.30. The molecule has 0 saturated carbocycles. The molecule has 3 rings (SSSR count). The number of oxime groups is 1. The summed E-state index contributed by atoms with van der Waals surface area (Å²) in [6, 6.07) is 8.98. The fraction of sp³-hybridized carbons (Fsp3) is 0.188. The molecule has 8 heteroatoms. The van der Waals surface area contributed by atoms with Gasteiger partial charge < -0.3 is 14.7 Å². The van der Waals surface area contributed by atoms with Crippen molar-refractivity contribution >= 4 is 11.7 Å². The Bertz CT molecular complexity index is 886. The summed E-state index contributed by atoms with van der Waals surface area (Å²) in [5.41, 5.74) is 1.88. The lowest BCUT2D eigenvalue weighted by atomic mass is 10.1. The molecule has 1 aliphatic carbocycles. The molecule has 2 aromatic rings. The molecule has 1 aliphatic rings. The molecule has 0 aliphatic heterocycles. The fourth-order valence-corrected chi connectivity index (χ4v) is 2.36. The summed E-state index contributed by atoms with van der Waals surface area (Å²) < 4.78 is 4.89. The zero-order chi connectivity index (χ0) is 17.1. The first kappa shape index (κ1) is 15.6. The van der Waals surface area contributed by atoms with Gasteiger partial charge in [-0.15, -0.1) is 0 Å². The van der Waals surface area contributed by atoms with E-state index in [1.54, 1.807) is 25.3 Å². The molecule has 120 valence electrons. The summed E-state index contributed by atoms with van der Waals surface area (Å²) in [6.45, 7) is 0.627. The molecule has 24 heavy (non-hydrogen) atoms. The second-order valence-electron chi connectivity index (χ2n) is 4.85. The van der Waals surface area contributed by atoms with Gasteiger partial charge in [-0.05, 0) is 0 Å². The summed E-state index contributed by atoms with van der Waals surface area (Å²) in [5.74, 6) is -1.30. The molecule has 1 aromatic heterocycles. The average Bonchev–Trinajstić information content (AvgIpc) is 2.90. The molecule has 0 unspecified atom stereocenters. The minimum Gasteiger partial charge on any atom is -0.476 e. The molecule has 0 spiro atoms. The van der Waals surface area contributed by atoms with Gasteiger partial charge in [-0.2, -0.15) is 5.26 Å². The molecule has 0 saturated heterocycles. The van der Waals surface area contributed by atoms with Gasteiger partial charge in [-0.3, -0.25) is 0 Å². The van der Waals surface area contributed by atoms with Crippen molar-refractivity contribution in [2.24, 2.45) is 5.16 Å². The third-order valence-corrected chi connectivity index (χ3v) is 3.40. The van der Waals surface area contributed by atoms with Crippen LogP contribution in [0.3, 0.4) is 0 Å². The van der Waals surface area contributed by atoms with E-state index in [-0.39, 0.29) is 18.0 Å². The molecule has 0 radical (unpaired) electrons. The SMILES string of the molecule is COCCON=C1c2ccccc2-c2nc(C(=O)O)c(C#N)nc21. The van der Waals surface area contributed by atoms with Gasteiger partial charge in [0.1, 0.15) is 29.8 Å². The summed E-state index contributed by atoms with van der Waals surface area (Å²) >= 11 is 0. The van der Waals surface area contributed by atoms with E-state index in [1.165, 1.54) is 0 Å². The topological polar surface area (TPSA) is 118 Å². The third kappa shape index (κ3) is 2.57. The van der Waals surface area contributed by atoms with Crippen LogP contribution in [-0.2, 0) is 9.57 Å². The van der Waals surface area contributed by atoms with Crippen molar-refractivity contribution in [3.8, 4) is 17.3 Å². The first-order valence-corrected chi connectivity index (χ1v) is 7.01. The van der Waals surface area contributed by atoms with Gasteiger partial charge >= 0.3 is 5.97 Å². The van der Waals surface area contributed by atoms with E-state index in [0.29, 0.717) is 29.3 Å². The lowest BCUT2D eigenvalue weighted by Crippen LogP contribution is -2.11. The number of carboxylic acid groups (broad SMARTS) is 1. The number of nitriles is 1. The molecule has 1 heterocycles. The maximum absolute atomic E-state index is 11.3. The molecule has 0 amide bonds. The Morgan fingerprint density at radius 3 is 2.67 bits per heavy atom. The molecular formula is C16H12N4O4. The van der Waals surface area contributed by atoms with Crippen LogP contribution >= 0.6 is 0 Å². The highest BCUT2D eigenvalue weighted by molar-refractivity contribution is 6.22. The van der Waals surface area contributed by atoms with Crippen LogP contribution in [0.2, 0.25) is 0 Å². The maximum atomic E-state index is 11.3. The van der Waals surface area contributed by atoms with E-state index in [4.69, 9.17) is 14.8 Å². The molecular weight excluding hydrogens is 312 g/mol. The third-order valence-electron chi connectivity index (χ3n) is 3.40. The van der Waals surface area contributed by atoms with Gasteiger partial charge in [0, 0.05) is 18.2 Å². The first-order chi connectivity index (χ1) is 11.7. The number of hydrogen-bond donors (Lipinski definition) is 1. The number of carboxylic acids is 1. The Labute approximate surface area is 137 Å². The predicted molar refractivity (Wildman–Crippen MR) is 82.6 cm³/mol. The molecule has 1 N–H and O–H groups in total. The van der Waals surface area contributed by atoms with Crippen molar-refractivity contribution in [3.63, 3.8) is 0 Å². The standard InChI is InChI=1S/C16H12N4O4/c1-23-6-7-24-20-13-10-5-3-2-4-9(10)12-15(13)18-11(8-17)14(19-12)16(21)22/h2-5H,6-7H2,1H3,(H,21,22). The fourth-order valence-electron chi connectivity index (χ4n) is 2.36. The number of carbonyl (C=O) groups is 1. The Balaban J connectivity index is 2.15. The summed E-state index contributed by atoms with van der Waals surface area (Å²) in [7, 11) is 1.55. The van der Waals surface area contributed by atoms with Gasteiger partial charge in [0.25, 0.3) is 0 Å². The van der Waals surface area contributed by atoms with Crippen LogP contribution in [0.1, 0.15) is 27.4 Å². The number of rotatable bonds is 5. The van der Waals surface area contributed by atoms with Crippen LogP contribution in [0.4, 0.5) is 0 Å². The largest absolute Gasteiger partial charge is 0.476 e. The zero-order valence-electron chi connectivity index (χ0n) is 12.7. The highest BCUT2D eigenvalue weighted by Gasteiger charge is 2.31. The number of aromatic nitrogens is 2. The van der Waals surface area contributed by atoms with Crippen LogP contribution in [0.15, 0.2) is 29.4 Å². The predicted octanol–water partition coefficient (Wildman–Crippen LogP) is 1.44. The first-order valence-electron chi connectivity index (χ1n) is 7.01. The van der Waals surface area contributed by atoms with E-state index in [1.807, 2.05) is 12.1 Å². The van der Waals surface area contributed by atoms with E-state index in [9.17, 15) is 9.90 Å². The lowest BCUT2D eigenvalue weighted by molar-refractivity contribution is 0.0689. The zero-order valence-corrected chi connectivity index (χ0v) is 12.7. The van der Waals surface area contributed by atoms with Gasteiger partial charge in [-0.1, -0.05) is 29.4 Å². The van der Waals surface area contributed by atoms with Gasteiger partial charge in [-0.25, -0.2) is 14.8 Å². The van der Waals surface area contributed by atoms with Crippen molar-refractivity contribution in [1.29, 1.82) is 5.26 Å². The van der Waals surface area contributed by atoms with Crippen LogP contribution in [0.5, 0.6) is 0 Å². The minimum absolute atomic E-state index is 0.253. The average molecular weight is 324 g/mol. The summed E-state index contributed by atoms with van der Waals surface area (Å²) in [5, 5.41) is 22.4. The summed E-state index contributed by atoms with van der Waals surface area (Å²) in [4.78, 5) is 24.8. The number of nitrogens with zero attached hydrogens (tertiary/aromatic N) is 4. The smallest absolute Gasteiger partial charge is 0.357 e. The van der Waals surface area contributed by atoms with Crippen molar-refractivity contribution in [2.75, 3.05) is 20.3 Å². The maximum Gasteiger partial charge on any atom is 0.357 e. The molecule has 0 fully saturated rings. The van der Waals surface area contributed by atoms with Crippen LogP contribution in [-0.4, -0.2) is 47.1 Å². The normalized spacial score (nSPS) is 13.2. The number of ether oxygens (including phenoxy) is 1. The Morgan fingerprint density at radius 1 is 1.25 bits per heavy atom. The number of benzene rings is 1. The van der Waals surface area contributed by atoms with Crippen molar-refractivity contribution < 1.29 is 19.5 Å². The number of aromatic carboxylic acids is 1. The summed E-state index contributed by atoms with van der Waals surface area (Å²) in [6.07, 6.45) is 0. The second kappa shape index (κ2) is 6.44. The number of hydrogen-bond acceptors (Lipinski definition) is 7. The van der Waals surface area contributed by atoms with Crippen LogP contribution < -0.4 is 0 Å². The highest BCUT2D eigenvalue weighted by atomic mass is 16.6. The van der Waals surface area contributed by atoms with E-state index < -0.39 is 5.97 Å². The van der Waals surface area contributed by atoms with Gasteiger partial charge in [0.05, 0.1) is 6.61 Å². The van der Waals surface area contributed by atoms with Crippen molar-refractivity contribution in [2.45, 2.75) is 0 Å². The van der Waals surface area contributed by atoms with Crippen LogP contribution in [0.25, 0.3) is 11.3 Å². The van der Waals surface area contributed by atoms with E-state index >= 15 is 0 Å². The van der Waals surface area contributed by atoms with E-state index in [0.717, 1.165) is 5.56 Å². The van der Waals surface area contributed by atoms with Crippen molar-refractivity contribution in [3.05, 3.63) is 46.9 Å². The number of fused-ring (bicyclic) bond motifs is 3. The van der Waals surface area contributed by atoms with Gasteiger partial charge in [0.2, 0.25) is 0 Å². The molecule has 0 atom stereocenters. The van der Waals surface area contributed by atoms with Crippen molar-refractivity contribution in [1.82, 2.24) is 9.97 Å². The monoisotopic (exact) mass is 324 g/mol. The quantitative estimate of drug-likeness (QED) is 0.557. The van der Waals surface area contributed by atoms with Crippen LogP contribution in [0, 0.1) is 11.3 Å². The van der Waals surface area contributed by atoms with Gasteiger partial charge in [0.15, 0.2) is 11.4 Å². The molecule has 8 nitrogen and oxygen atoms in total. The number of methoxy groups -OCH3 is 1. The molecule has 1 aromatic carbocycles. The second-order valence-corrected chi connectivity index (χ2v) is 4.85. The highest BCUT2D eigenvalue weighted by Crippen LogP contribution is 2.35.